The first-order valence-electron chi connectivity index (χ1n) is 4.84. The molecule has 0 aliphatic heterocycles. The van der Waals surface area contributed by atoms with E-state index in [1.54, 1.807) is 0 Å². The Kier molecular flexibility index (Phi) is 3.03. The average Bonchev–Trinajstić information content (AvgIpc) is 2.19. The Balaban J connectivity index is 2.68. The molecule has 4 heteroatoms. The van der Waals surface area contributed by atoms with Crippen LogP contribution < -0.4 is 0 Å². The molecule has 0 saturated carbocycles. The maximum Gasteiger partial charge on any atom is 0.337 e. The summed E-state index contributed by atoms with van der Waals surface area (Å²) in [6.07, 6.45) is 3.95. The molecule has 0 radical (unpaired) electrons. The molecule has 0 atom stereocenters. The van der Waals surface area contributed by atoms with E-state index in [1.807, 2.05) is 6.07 Å². The van der Waals surface area contributed by atoms with Gasteiger partial charge in [0.15, 0.2) is 0 Å². The third kappa shape index (κ3) is 1.91. The van der Waals surface area contributed by atoms with E-state index in [1.165, 1.54) is 0 Å². The number of benzene rings is 1. The normalized spacial score (nSPS) is 14.8. The van der Waals surface area contributed by atoms with Gasteiger partial charge in [-0.2, -0.15) is 0 Å². The molecule has 0 unspecified atom stereocenters. The molecular formula is C11H10BrClO2. The summed E-state index contributed by atoms with van der Waals surface area (Å²) in [6, 6.07) is 1.95. The van der Waals surface area contributed by atoms with E-state index in [0.717, 1.165) is 36.8 Å². The van der Waals surface area contributed by atoms with E-state index in [9.17, 15) is 4.79 Å². The Labute approximate surface area is 101 Å². The van der Waals surface area contributed by atoms with Gasteiger partial charge in [0.05, 0.1) is 10.6 Å². The number of carboxylic acid groups (broad SMARTS) is 1. The predicted octanol–water partition coefficient (Wildman–Crippen LogP) is 3.68. The van der Waals surface area contributed by atoms with Crippen molar-refractivity contribution in [2.45, 2.75) is 25.7 Å². The van der Waals surface area contributed by atoms with Gasteiger partial charge in [-0.25, -0.2) is 4.79 Å². The van der Waals surface area contributed by atoms with E-state index >= 15 is 0 Å². The number of rotatable bonds is 1. The summed E-state index contributed by atoms with van der Waals surface area (Å²) >= 11 is 9.30. The van der Waals surface area contributed by atoms with Crippen LogP contribution in [0.25, 0.3) is 0 Å². The van der Waals surface area contributed by atoms with Crippen LogP contribution in [0.15, 0.2) is 10.5 Å². The molecule has 2 rings (SSSR count). The Bertz CT molecular complexity index is 429. The molecule has 0 fully saturated rings. The topological polar surface area (TPSA) is 37.3 Å². The quantitative estimate of drug-likeness (QED) is 0.856. The lowest BCUT2D eigenvalue weighted by Gasteiger charge is -2.19. The summed E-state index contributed by atoms with van der Waals surface area (Å²) in [5.74, 6) is -0.931. The van der Waals surface area contributed by atoms with Crippen LogP contribution in [0.3, 0.4) is 0 Å². The van der Waals surface area contributed by atoms with Crippen molar-refractivity contribution in [3.8, 4) is 0 Å². The monoisotopic (exact) mass is 288 g/mol. The van der Waals surface area contributed by atoms with Crippen molar-refractivity contribution in [3.05, 3.63) is 32.3 Å². The highest BCUT2D eigenvalue weighted by Crippen LogP contribution is 2.35. The van der Waals surface area contributed by atoms with Gasteiger partial charge in [-0.3, -0.25) is 0 Å². The van der Waals surface area contributed by atoms with E-state index < -0.39 is 5.97 Å². The van der Waals surface area contributed by atoms with Crippen LogP contribution in [-0.2, 0) is 12.8 Å². The molecular weight excluding hydrogens is 279 g/mol. The van der Waals surface area contributed by atoms with E-state index in [4.69, 9.17) is 16.7 Å². The number of hydrogen-bond acceptors (Lipinski definition) is 1. The minimum atomic E-state index is -0.931. The van der Waals surface area contributed by atoms with Crippen molar-refractivity contribution in [3.63, 3.8) is 0 Å². The molecule has 0 heterocycles. The van der Waals surface area contributed by atoms with Gasteiger partial charge in [0.1, 0.15) is 0 Å². The van der Waals surface area contributed by atoms with Crippen molar-refractivity contribution in [1.29, 1.82) is 0 Å². The summed E-state index contributed by atoms with van der Waals surface area (Å²) < 4.78 is 0.683. The van der Waals surface area contributed by atoms with E-state index in [-0.39, 0.29) is 5.56 Å². The smallest absolute Gasteiger partial charge is 0.337 e. The number of carboxylic acids is 1. The molecule has 0 bridgehead atoms. The minimum absolute atomic E-state index is 0.278. The molecule has 1 aliphatic carbocycles. The highest BCUT2D eigenvalue weighted by molar-refractivity contribution is 9.10. The van der Waals surface area contributed by atoms with Gasteiger partial charge in [-0.15, -0.1) is 0 Å². The second-order valence-corrected chi connectivity index (χ2v) is 4.93. The molecule has 1 aliphatic rings. The molecule has 1 aromatic rings. The molecule has 0 saturated heterocycles. The third-order valence-corrected chi connectivity index (χ3v) is 4.00. The zero-order chi connectivity index (χ0) is 11.0. The maximum atomic E-state index is 11.1. The van der Waals surface area contributed by atoms with Crippen LogP contribution in [0, 0.1) is 0 Å². The number of fused-ring (bicyclic) bond motifs is 1. The third-order valence-electron chi connectivity index (χ3n) is 2.76. The Hall–Kier alpha value is -0.540. The highest BCUT2D eigenvalue weighted by Gasteiger charge is 2.22. The van der Waals surface area contributed by atoms with Gasteiger partial charge in [0.25, 0.3) is 0 Å². The standard InChI is InChI=1S/C11H10BrClO2/c12-8-5-6-3-1-2-4-7(6)9(10(8)13)11(14)15/h5H,1-4H2,(H,14,15). The second-order valence-electron chi connectivity index (χ2n) is 3.70. The fraction of sp³-hybridized carbons (Fsp3) is 0.364. The largest absolute Gasteiger partial charge is 0.478 e. The second kappa shape index (κ2) is 4.14. The summed E-state index contributed by atoms with van der Waals surface area (Å²) in [5.41, 5.74) is 2.32. The summed E-state index contributed by atoms with van der Waals surface area (Å²) in [6.45, 7) is 0. The molecule has 0 aromatic heterocycles. The van der Waals surface area contributed by atoms with Crippen LogP contribution >= 0.6 is 27.5 Å². The minimum Gasteiger partial charge on any atom is -0.478 e. The fourth-order valence-corrected chi connectivity index (χ4v) is 2.79. The zero-order valence-corrected chi connectivity index (χ0v) is 10.4. The van der Waals surface area contributed by atoms with E-state index in [2.05, 4.69) is 15.9 Å². The summed E-state index contributed by atoms with van der Waals surface area (Å²) in [5, 5.41) is 9.46. The fourth-order valence-electron chi connectivity index (χ4n) is 2.06. The summed E-state index contributed by atoms with van der Waals surface area (Å²) in [4.78, 5) is 11.1. The molecule has 2 nitrogen and oxygen atoms in total. The lowest BCUT2D eigenvalue weighted by atomic mass is 9.88. The van der Waals surface area contributed by atoms with Gasteiger partial charge in [-0.1, -0.05) is 11.6 Å². The van der Waals surface area contributed by atoms with Crippen molar-refractivity contribution >= 4 is 33.5 Å². The van der Waals surface area contributed by atoms with Gasteiger partial charge in [0, 0.05) is 4.47 Å². The zero-order valence-electron chi connectivity index (χ0n) is 8.02. The van der Waals surface area contributed by atoms with E-state index in [0.29, 0.717) is 9.50 Å². The van der Waals surface area contributed by atoms with Gasteiger partial charge in [-0.05, 0) is 58.8 Å². The van der Waals surface area contributed by atoms with Crippen molar-refractivity contribution in [1.82, 2.24) is 0 Å². The van der Waals surface area contributed by atoms with Crippen molar-refractivity contribution < 1.29 is 9.90 Å². The van der Waals surface area contributed by atoms with Gasteiger partial charge < -0.3 is 5.11 Å². The lowest BCUT2D eigenvalue weighted by Crippen LogP contribution is -2.11. The predicted molar refractivity (Wildman–Crippen MR) is 62.8 cm³/mol. The summed E-state index contributed by atoms with van der Waals surface area (Å²) in [7, 11) is 0. The van der Waals surface area contributed by atoms with Crippen molar-refractivity contribution in [2.24, 2.45) is 0 Å². The first-order valence-corrected chi connectivity index (χ1v) is 6.01. The molecule has 0 spiro atoms. The van der Waals surface area contributed by atoms with Gasteiger partial charge in [0.2, 0.25) is 0 Å². The Morgan fingerprint density at radius 1 is 1.40 bits per heavy atom. The van der Waals surface area contributed by atoms with Crippen LogP contribution in [0.4, 0.5) is 0 Å². The molecule has 15 heavy (non-hydrogen) atoms. The van der Waals surface area contributed by atoms with Crippen molar-refractivity contribution in [2.75, 3.05) is 0 Å². The highest BCUT2D eigenvalue weighted by atomic mass is 79.9. The molecule has 1 N–H and O–H groups in total. The first kappa shape index (κ1) is 11.0. The number of halogens is 2. The van der Waals surface area contributed by atoms with Crippen LogP contribution in [-0.4, -0.2) is 11.1 Å². The molecule has 1 aromatic carbocycles. The SMILES string of the molecule is O=C(O)c1c(Cl)c(Br)cc2c1CCCC2. The Morgan fingerprint density at radius 2 is 2.07 bits per heavy atom. The molecule has 80 valence electrons. The van der Waals surface area contributed by atoms with Crippen LogP contribution in [0.5, 0.6) is 0 Å². The number of aryl methyl sites for hydroxylation is 1. The first-order chi connectivity index (χ1) is 7.11. The number of aromatic carboxylic acids is 1. The number of carbonyl (C=O) groups is 1. The lowest BCUT2D eigenvalue weighted by molar-refractivity contribution is 0.0695. The van der Waals surface area contributed by atoms with Gasteiger partial charge >= 0.3 is 5.97 Å². The maximum absolute atomic E-state index is 11.1. The average molecular weight is 290 g/mol. The number of hydrogen-bond donors (Lipinski definition) is 1. The van der Waals surface area contributed by atoms with Crippen LogP contribution in [0.1, 0.15) is 34.3 Å². The Morgan fingerprint density at radius 3 is 2.73 bits per heavy atom. The molecule has 0 amide bonds. The van der Waals surface area contributed by atoms with Crippen LogP contribution in [0.2, 0.25) is 5.02 Å².